The van der Waals surface area contributed by atoms with Crippen LogP contribution in [0.3, 0.4) is 0 Å². The van der Waals surface area contributed by atoms with Gasteiger partial charge in [-0.1, -0.05) is 0 Å². The van der Waals surface area contributed by atoms with Gasteiger partial charge >= 0.3 is 0 Å². The van der Waals surface area contributed by atoms with Crippen molar-refractivity contribution in [1.29, 1.82) is 0 Å². The van der Waals surface area contributed by atoms with Crippen LogP contribution in [0.2, 0.25) is 0 Å². The van der Waals surface area contributed by atoms with Gasteiger partial charge < -0.3 is 10.2 Å². The Morgan fingerprint density at radius 1 is 1.47 bits per heavy atom. The molecule has 4 nitrogen and oxygen atoms in total. The van der Waals surface area contributed by atoms with Crippen molar-refractivity contribution in [3.63, 3.8) is 0 Å². The van der Waals surface area contributed by atoms with E-state index in [1.807, 2.05) is 13.8 Å². The molecule has 15 heavy (non-hydrogen) atoms. The number of hydrogen-bond acceptors (Lipinski definition) is 2. The summed E-state index contributed by atoms with van der Waals surface area (Å²) in [4.78, 5) is 25.0. The summed E-state index contributed by atoms with van der Waals surface area (Å²) in [7, 11) is 1.65. The Bertz CT molecular complexity index is 278. The molecule has 0 aromatic carbocycles. The van der Waals surface area contributed by atoms with Gasteiger partial charge in [0.25, 0.3) is 0 Å². The summed E-state index contributed by atoms with van der Waals surface area (Å²) < 4.78 is 0. The van der Waals surface area contributed by atoms with Crippen molar-refractivity contribution < 1.29 is 9.59 Å². The lowest BCUT2D eigenvalue weighted by Gasteiger charge is -2.45. The largest absolute Gasteiger partial charge is 0.359 e. The van der Waals surface area contributed by atoms with Crippen molar-refractivity contribution in [2.75, 3.05) is 13.6 Å². The first kappa shape index (κ1) is 12.0. The van der Waals surface area contributed by atoms with Crippen LogP contribution in [0.15, 0.2) is 0 Å². The molecule has 1 saturated heterocycles. The van der Waals surface area contributed by atoms with Gasteiger partial charge in [0.15, 0.2) is 0 Å². The van der Waals surface area contributed by atoms with Gasteiger partial charge in [0.1, 0.15) is 0 Å². The van der Waals surface area contributed by atoms with Crippen LogP contribution >= 0.6 is 0 Å². The van der Waals surface area contributed by atoms with Crippen molar-refractivity contribution in [3.05, 3.63) is 0 Å². The standard InChI is InChI=1S/C11H20N2O2/c1-8-11(3,10(15)12-4)6-5-7-13(8)9(2)14/h8H,5-7H2,1-4H3,(H,12,15)/t8-,11?/m0/s1. The molecule has 0 aromatic heterocycles. The van der Waals surface area contributed by atoms with Gasteiger partial charge in [0.2, 0.25) is 11.8 Å². The van der Waals surface area contributed by atoms with E-state index in [9.17, 15) is 9.59 Å². The summed E-state index contributed by atoms with van der Waals surface area (Å²) >= 11 is 0. The highest BCUT2D eigenvalue weighted by molar-refractivity contribution is 5.84. The molecule has 2 amide bonds. The summed E-state index contributed by atoms with van der Waals surface area (Å²) in [5.41, 5.74) is -0.446. The molecule has 1 aliphatic rings. The third-order valence-electron chi connectivity index (χ3n) is 3.63. The topological polar surface area (TPSA) is 49.4 Å². The minimum atomic E-state index is -0.446. The Morgan fingerprint density at radius 3 is 2.53 bits per heavy atom. The first-order valence-electron chi connectivity index (χ1n) is 5.43. The molecule has 1 fully saturated rings. The first-order valence-corrected chi connectivity index (χ1v) is 5.43. The second-order valence-electron chi connectivity index (χ2n) is 4.49. The van der Waals surface area contributed by atoms with E-state index >= 15 is 0 Å². The number of likely N-dealkylation sites (tertiary alicyclic amines) is 1. The zero-order valence-electron chi connectivity index (χ0n) is 9.96. The minimum Gasteiger partial charge on any atom is -0.359 e. The van der Waals surface area contributed by atoms with Gasteiger partial charge in [-0.25, -0.2) is 0 Å². The molecule has 1 aliphatic heterocycles. The second-order valence-corrected chi connectivity index (χ2v) is 4.49. The molecule has 86 valence electrons. The SMILES string of the molecule is CNC(=O)C1(C)CCCN(C(C)=O)[C@H]1C. The molecule has 1 unspecified atom stereocenters. The van der Waals surface area contributed by atoms with Crippen LogP contribution in [0, 0.1) is 5.41 Å². The van der Waals surface area contributed by atoms with Crippen molar-refractivity contribution >= 4 is 11.8 Å². The second kappa shape index (κ2) is 4.21. The Morgan fingerprint density at radius 2 is 2.07 bits per heavy atom. The number of hydrogen-bond donors (Lipinski definition) is 1. The third-order valence-corrected chi connectivity index (χ3v) is 3.63. The fraction of sp³-hybridized carbons (Fsp3) is 0.818. The summed E-state index contributed by atoms with van der Waals surface area (Å²) in [5, 5.41) is 2.69. The molecule has 0 saturated carbocycles. The van der Waals surface area contributed by atoms with Crippen molar-refractivity contribution in [3.8, 4) is 0 Å². The van der Waals surface area contributed by atoms with Crippen LogP contribution in [0.1, 0.15) is 33.6 Å². The number of nitrogens with zero attached hydrogens (tertiary/aromatic N) is 1. The summed E-state index contributed by atoms with van der Waals surface area (Å²) in [6, 6.07) is -0.0244. The highest BCUT2D eigenvalue weighted by Gasteiger charge is 2.44. The highest BCUT2D eigenvalue weighted by atomic mass is 16.2. The molecular weight excluding hydrogens is 192 g/mol. The molecule has 0 aromatic rings. The molecule has 0 radical (unpaired) electrons. The molecule has 1 N–H and O–H groups in total. The molecule has 1 rings (SSSR count). The number of rotatable bonds is 1. The predicted molar refractivity (Wildman–Crippen MR) is 58.3 cm³/mol. The number of carbonyl (C=O) groups is 2. The summed E-state index contributed by atoms with van der Waals surface area (Å²) in [5.74, 6) is 0.0817. The summed E-state index contributed by atoms with van der Waals surface area (Å²) in [6.07, 6.45) is 1.74. The van der Waals surface area contributed by atoms with Gasteiger partial charge in [0.05, 0.1) is 5.41 Å². The molecule has 0 spiro atoms. The van der Waals surface area contributed by atoms with Crippen LogP contribution < -0.4 is 5.32 Å². The number of amides is 2. The van der Waals surface area contributed by atoms with E-state index in [1.54, 1.807) is 18.9 Å². The quantitative estimate of drug-likeness (QED) is 0.698. The Hall–Kier alpha value is -1.06. The van der Waals surface area contributed by atoms with Gasteiger partial charge in [-0.05, 0) is 26.7 Å². The molecule has 0 bridgehead atoms. The lowest BCUT2D eigenvalue weighted by atomic mass is 9.74. The monoisotopic (exact) mass is 212 g/mol. The lowest BCUT2D eigenvalue weighted by molar-refractivity contribution is -0.144. The average molecular weight is 212 g/mol. The smallest absolute Gasteiger partial charge is 0.227 e. The minimum absolute atomic E-state index is 0.0244. The molecule has 4 heteroatoms. The molecular formula is C11H20N2O2. The molecule has 2 atom stereocenters. The molecule has 0 aliphatic carbocycles. The first-order chi connectivity index (χ1) is 6.93. The summed E-state index contributed by atoms with van der Waals surface area (Å²) in [6.45, 7) is 6.22. The van der Waals surface area contributed by atoms with E-state index in [1.165, 1.54) is 0 Å². The number of piperidine rings is 1. The fourth-order valence-electron chi connectivity index (χ4n) is 2.38. The van der Waals surface area contributed by atoms with E-state index in [4.69, 9.17) is 0 Å². The van der Waals surface area contributed by atoms with Gasteiger partial charge in [0, 0.05) is 26.6 Å². The van der Waals surface area contributed by atoms with E-state index in [-0.39, 0.29) is 17.9 Å². The van der Waals surface area contributed by atoms with E-state index in [2.05, 4.69) is 5.32 Å². The zero-order valence-corrected chi connectivity index (χ0v) is 9.96. The number of nitrogens with one attached hydrogen (secondary N) is 1. The Balaban J connectivity index is 2.91. The number of carbonyl (C=O) groups excluding carboxylic acids is 2. The van der Waals surface area contributed by atoms with Crippen molar-refractivity contribution in [2.45, 2.75) is 39.7 Å². The van der Waals surface area contributed by atoms with E-state index in [0.717, 1.165) is 19.4 Å². The average Bonchev–Trinajstić information content (AvgIpc) is 2.20. The van der Waals surface area contributed by atoms with Crippen LogP contribution in [-0.2, 0) is 9.59 Å². The zero-order chi connectivity index (χ0) is 11.6. The normalized spacial score (nSPS) is 31.2. The van der Waals surface area contributed by atoms with E-state index < -0.39 is 5.41 Å². The maximum atomic E-state index is 11.8. The third kappa shape index (κ3) is 1.98. The Labute approximate surface area is 91.0 Å². The van der Waals surface area contributed by atoms with Crippen molar-refractivity contribution in [2.24, 2.45) is 5.41 Å². The fourth-order valence-corrected chi connectivity index (χ4v) is 2.38. The van der Waals surface area contributed by atoms with Crippen LogP contribution in [-0.4, -0.2) is 36.3 Å². The van der Waals surface area contributed by atoms with E-state index in [0.29, 0.717) is 0 Å². The Kier molecular flexibility index (Phi) is 3.37. The highest BCUT2D eigenvalue weighted by Crippen LogP contribution is 2.35. The van der Waals surface area contributed by atoms with Crippen LogP contribution in [0.4, 0.5) is 0 Å². The molecule has 1 heterocycles. The maximum absolute atomic E-state index is 11.8. The van der Waals surface area contributed by atoms with Crippen molar-refractivity contribution in [1.82, 2.24) is 10.2 Å². The van der Waals surface area contributed by atoms with Crippen LogP contribution in [0.5, 0.6) is 0 Å². The maximum Gasteiger partial charge on any atom is 0.227 e. The van der Waals surface area contributed by atoms with Gasteiger partial charge in [-0.3, -0.25) is 9.59 Å². The van der Waals surface area contributed by atoms with Crippen LogP contribution in [0.25, 0.3) is 0 Å². The lowest BCUT2D eigenvalue weighted by Crippen LogP contribution is -2.56. The van der Waals surface area contributed by atoms with Gasteiger partial charge in [-0.15, -0.1) is 0 Å². The predicted octanol–water partition coefficient (Wildman–Crippen LogP) is 0.770. The van der Waals surface area contributed by atoms with Gasteiger partial charge in [-0.2, -0.15) is 0 Å².